The number of carbonyl (C=O) groups excluding carboxylic acids is 1. The van der Waals surface area contributed by atoms with Crippen molar-refractivity contribution in [2.45, 2.75) is 45.3 Å². The van der Waals surface area contributed by atoms with E-state index in [1.54, 1.807) is 17.6 Å². The van der Waals surface area contributed by atoms with E-state index in [0.29, 0.717) is 12.3 Å². The minimum absolute atomic E-state index is 0.0157. The van der Waals surface area contributed by atoms with Gasteiger partial charge in [-0.1, -0.05) is 13.3 Å². The van der Waals surface area contributed by atoms with Crippen LogP contribution in [0.2, 0.25) is 0 Å². The third-order valence-corrected chi connectivity index (χ3v) is 5.61. The maximum Gasteiger partial charge on any atom is 0.241 e. The number of hydrogen-bond donors (Lipinski definition) is 1. The average Bonchev–Trinajstić information content (AvgIpc) is 2.97. The number of thiophene rings is 1. The standard InChI is InChI=1S/C15H24N2O2S2/c1-4-6-12-15(18)17(9-5-10-21(3)19)14(16-12)13-8-7-11(2)20-13/h7-8,12,14,16H,4-6,9-10H2,1-3H3. The SMILES string of the molecule is CCCC1NC(c2ccc(C)s2)N(CCCS(C)=O)C1=O. The van der Waals surface area contributed by atoms with Gasteiger partial charge in [-0.15, -0.1) is 11.3 Å². The molecule has 1 N–H and O–H groups in total. The van der Waals surface area contributed by atoms with E-state index in [0.717, 1.165) is 19.3 Å². The molecule has 2 heterocycles. The molecule has 1 fully saturated rings. The third kappa shape index (κ3) is 4.14. The molecule has 2 rings (SSSR count). The molecule has 118 valence electrons. The van der Waals surface area contributed by atoms with E-state index >= 15 is 0 Å². The molecule has 1 aliphatic rings. The van der Waals surface area contributed by atoms with Crippen molar-refractivity contribution in [3.63, 3.8) is 0 Å². The van der Waals surface area contributed by atoms with Crippen molar-refractivity contribution in [1.82, 2.24) is 10.2 Å². The first kappa shape index (κ1) is 16.6. The van der Waals surface area contributed by atoms with Crippen LogP contribution in [-0.4, -0.2) is 39.6 Å². The molecule has 1 aromatic heterocycles. The molecule has 1 amide bonds. The summed E-state index contributed by atoms with van der Waals surface area (Å²) in [7, 11) is -0.796. The minimum Gasteiger partial charge on any atom is -0.321 e. The normalized spacial score (nSPS) is 23.8. The topological polar surface area (TPSA) is 49.4 Å². The van der Waals surface area contributed by atoms with Gasteiger partial charge in [0, 0.05) is 39.1 Å². The second-order valence-electron chi connectivity index (χ2n) is 5.52. The van der Waals surface area contributed by atoms with Gasteiger partial charge in [-0.25, -0.2) is 0 Å². The third-order valence-electron chi connectivity index (χ3n) is 3.69. The molecule has 0 radical (unpaired) electrons. The van der Waals surface area contributed by atoms with E-state index < -0.39 is 10.8 Å². The molecule has 1 saturated heterocycles. The summed E-state index contributed by atoms with van der Waals surface area (Å²) < 4.78 is 11.2. The van der Waals surface area contributed by atoms with Gasteiger partial charge in [-0.05, 0) is 31.9 Å². The summed E-state index contributed by atoms with van der Waals surface area (Å²) in [5.74, 6) is 0.841. The van der Waals surface area contributed by atoms with Gasteiger partial charge in [-0.3, -0.25) is 14.3 Å². The summed E-state index contributed by atoms with van der Waals surface area (Å²) in [6.07, 6.45) is 4.35. The molecule has 1 aromatic rings. The number of rotatable bonds is 7. The van der Waals surface area contributed by atoms with Gasteiger partial charge in [0.15, 0.2) is 0 Å². The van der Waals surface area contributed by atoms with Crippen LogP contribution >= 0.6 is 11.3 Å². The van der Waals surface area contributed by atoms with Gasteiger partial charge >= 0.3 is 0 Å². The Labute approximate surface area is 133 Å². The first-order valence-corrected chi connectivity index (χ1v) is 10.00. The van der Waals surface area contributed by atoms with E-state index in [1.165, 1.54) is 9.75 Å². The zero-order valence-corrected chi connectivity index (χ0v) is 14.6. The summed E-state index contributed by atoms with van der Waals surface area (Å²) in [4.78, 5) is 16.9. The highest BCUT2D eigenvalue weighted by Crippen LogP contribution is 2.31. The molecule has 4 nitrogen and oxygen atoms in total. The molecule has 1 aliphatic heterocycles. The molecule has 0 aromatic carbocycles. The Morgan fingerprint density at radius 1 is 1.43 bits per heavy atom. The van der Waals surface area contributed by atoms with Gasteiger partial charge in [-0.2, -0.15) is 0 Å². The Hall–Kier alpha value is -0.720. The van der Waals surface area contributed by atoms with Crippen LogP contribution in [0.25, 0.3) is 0 Å². The Balaban J connectivity index is 2.10. The Kier molecular flexibility index (Phi) is 5.96. The fraction of sp³-hybridized carbons (Fsp3) is 0.667. The van der Waals surface area contributed by atoms with E-state index in [9.17, 15) is 9.00 Å². The Morgan fingerprint density at radius 3 is 2.76 bits per heavy atom. The summed E-state index contributed by atoms with van der Waals surface area (Å²) in [5, 5.41) is 3.47. The van der Waals surface area contributed by atoms with Crippen molar-refractivity contribution < 1.29 is 9.00 Å². The van der Waals surface area contributed by atoms with Crippen molar-refractivity contribution in [2.24, 2.45) is 0 Å². The van der Waals surface area contributed by atoms with Crippen LogP contribution in [0.15, 0.2) is 12.1 Å². The fourth-order valence-corrected chi connectivity index (χ4v) is 4.17. The quantitative estimate of drug-likeness (QED) is 0.836. The van der Waals surface area contributed by atoms with E-state index in [-0.39, 0.29) is 18.1 Å². The van der Waals surface area contributed by atoms with Gasteiger partial charge in [0.2, 0.25) is 5.91 Å². The average molecular weight is 329 g/mol. The molecule has 3 unspecified atom stereocenters. The fourth-order valence-electron chi connectivity index (χ4n) is 2.69. The molecular formula is C15H24N2O2S2. The van der Waals surface area contributed by atoms with Gasteiger partial charge in [0.1, 0.15) is 6.17 Å². The highest BCUT2D eigenvalue weighted by Gasteiger charge is 2.39. The first-order chi connectivity index (χ1) is 10.0. The number of hydrogen-bond acceptors (Lipinski definition) is 4. The van der Waals surface area contributed by atoms with Crippen molar-refractivity contribution in [1.29, 1.82) is 0 Å². The second kappa shape index (κ2) is 7.51. The first-order valence-electron chi connectivity index (χ1n) is 7.45. The van der Waals surface area contributed by atoms with Crippen molar-refractivity contribution in [3.05, 3.63) is 21.9 Å². The number of carbonyl (C=O) groups is 1. The molecule has 0 saturated carbocycles. The minimum atomic E-state index is -0.796. The molecule has 6 heteroatoms. The molecule has 0 aliphatic carbocycles. The molecular weight excluding hydrogens is 304 g/mol. The van der Waals surface area contributed by atoms with E-state index in [1.807, 2.05) is 4.90 Å². The van der Waals surface area contributed by atoms with Crippen molar-refractivity contribution in [3.8, 4) is 0 Å². The molecule has 0 spiro atoms. The number of aryl methyl sites for hydroxylation is 1. The predicted octanol–water partition coefficient (Wildman–Crippen LogP) is 2.42. The lowest BCUT2D eigenvalue weighted by molar-refractivity contribution is -0.130. The lowest BCUT2D eigenvalue weighted by Crippen LogP contribution is -2.32. The van der Waals surface area contributed by atoms with Crippen LogP contribution in [0.1, 0.15) is 42.1 Å². The predicted molar refractivity (Wildman–Crippen MR) is 88.9 cm³/mol. The van der Waals surface area contributed by atoms with Crippen LogP contribution in [-0.2, 0) is 15.6 Å². The molecule has 3 atom stereocenters. The largest absolute Gasteiger partial charge is 0.321 e. The van der Waals surface area contributed by atoms with Crippen LogP contribution in [0.3, 0.4) is 0 Å². The maximum absolute atomic E-state index is 12.6. The van der Waals surface area contributed by atoms with Crippen LogP contribution in [0, 0.1) is 6.92 Å². The van der Waals surface area contributed by atoms with Gasteiger partial charge < -0.3 is 4.90 Å². The van der Waals surface area contributed by atoms with Gasteiger partial charge in [0.05, 0.1) is 6.04 Å². The zero-order chi connectivity index (χ0) is 15.4. The number of nitrogens with zero attached hydrogens (tertiary/aromatic N) is 1. The van der Waals surface area contributed by atoms with Crippen molar-refractivity contribution >= 4 is 28.0 Å². The van der Waals surface area contributed by atoms with E-state index in [4.69, 9.17) is 0 Å². The van der Waals surface area contributed by atoms with Crippen LogP contribution in [0.5, 0.6) is 0 Å². The Bertz CT molecular complexity index is 516. The highest BCUT2D eigenvalue weighted by molar-refractivity contribution is 7.84. The van der Waals surface area contributed by atoms with Gasteiger partial charge in [0.25, 0.3) is 0 Å². The number of nitrogens with one attached hydrogen (secondary N) is 1. The summed E-state index contributed by atoms with van der Waals surface area (Å²) in [6.45, 7) is 4.86. The Morgan fingerprint density at radius 2 is 2.19 bits per heavy atom. The lowest BCUT2D eigenvalue weighted by atomic mass is 10.2. The van der Waals surface area contributed by atoms with Crippen molar-refractivity contribution in [2.75, 3.05) is 18.6 Å². The maximum atomic E-state index is 12.6. The number of amides is 1. The van der Waals surface area contributed by atoms with E-state index in [2.05, 4.69) is 31.3 Å². The summed E-state index contributed by atoms with van der Waals surface area (Å²) in [5.41, 5.74) is 0. The highest BCUT2D eigenvalue weighted by atomic mass is 32.2. The van der Waals surface area contributed by atoms with Crippen LogP contribution in [0.4, 0.5) is 0 Å². The summed E-state index contributed by atoms with van der Waals surface area (Å²) >= 11 is 1.73. The lowest BCUT2D eigenvalue weighted by Gasteiger charge is -2.23. The summed E-state index contributed by atoms with van der Waals surface area (Å²) in [6, 6.07) is 4.12. The smallest absolute Gasteiger partial charge is 0.241 e. The molecule has 21 heavy (non-hydrogen) atoms. The second-order valence-corrected chi connectivity index (χ2v) is 8.40. The van der Waals surface area contributed by atoms with Crippen LogP contribution < -0.4 is 5.32 Å². The monoisotopic (exact) mass is 328 g/mol. The zero-order valence-electron chi connectivity index (χ0n) is 12.9. The molecule has 0 bridgehead atoms.